The van der Waals surface area contributed by atoms with Crippen LogP contribution in [0.25, 0.3) is 5.82 Å². The lowest BCUT2D eigenvalue weighted by Crippen LogP contribution is -2.28. The highest BCUT2D eigenvalue weighted by Gasteiger charge is 2.19. The van der Waals surface area contributed by atoms with E-state index in [9.17, 15) is 18.0 Å². The normalized spacial score (nSPS) is 11.2. The molecular formula is C23H25N5O4S. The van der Waals surface area contributed by atoms with E-state index in [0.29, 0.717) is 28.9 Å². The molecule has 0 aliphatic heterocycles. The number of carbonyl (C=O) groups excluding carboxylic acids is 1. The highest BCUT2D eigenvalue weighted by molar-refractivity contribution is 7.91. The van der Waals surface area contributed by atoms with Gasteiger partial charge >= 0.3 is 0 Å². The number of aromatic nitrogens is 2. The molecule has 0 aliphatic carbocycles. The first-order valence-corrected chi connectivity index (χ1v) is 11.9. The Hall–Kier alpha value is -3.79. The molecule has 172 valence electrons. The van der Waals surface area contributed by atoms with Gasteiger partial charge in [-0.05, 0) is 49.4 Å². The molecule has 0 fully saturated rings. The standard InChI is InChI=1S/C23H25N5O4S/c1-4-19-17(13-21(29)25-3)12-18(24)22(26-19)28-15(2)10-11-20(23(28)30)27-33(31,32)14-16-8-6-5-7-9-16/h5-12,27H,3-4,13-14,24H2,1-2H3. The Morgan fingerprint density at radius 3 is 2.55 bits per heavy atom. The summed E-state index contributed by atoms with van der Waals surface area (Å²) < 4.78 is 28.9. The maximum absolute atomic E-state index is 13.2. The van der Waals surface area contributed by atoms with Crippen LogP contribution in [-0.2, 0) is 33.4 Å². The van der Waals surface area contributed by atoms with Gasteiger partial charge in [0.25, 0.3) is 5.56 Å². The highest BCUT2D eigenvalue weighted by atomic mass is 32.2. The molecule has 3 N–H and O–H groups in total. The molecule has 2 heterocycles. The predicted octanol–water partition coefficient (Wildman–Crippen LogP) is 2.40. The number of anilines is 2. The number of nitrogens with two attached hydrogens (primary N) is 1. The van der Waals surface area contributed by atoms with Gasteiger partial charge in [0.1, 0.15) is 5.69 Å². The van der Waals surface area contributed by atoms with Gasteiger partial charge in [-0.25, -0.2) is 18.4 Å². The first kappa shape index (κ1) is 23.9. The van der Waals surface area contributed by atoms with Crippen molar-refractivity contribution < 1.29 is 13.2 Å². The fraction of sp³-hybridized carbons (Fsp3) is 0.217. The Labute approximate surface area is 192 Å². The summed E-state index contributed by atoms with van der Waals surface area (Å²) in [6.45, 7) is 6.79. The van der Waals surface area contributed by atoms with E-state index in [-0.39, 0.29) is 29.4 Å². The Bertz CT molecular complexity index is 1370. The zero-order chi connectivity index (χ0) is 24.2. The quantitative estimate of drug-likeness (QED) is 0.488. The molecule has 0 aliphatic rings. The maximum atomic E-state index is 13.2. The molecule has 1 aromatic carbocycles. The summed E-state index contributed by atoms with van der Waals surface area (Å²) in [4.78, 5) is 32.9. The van der Waals surface area contributed by atoms with Crippen molar-refractivity contribution in [3.05, 3.63) is 81.4 Å². The number of hydrogen-bond donors (Lipinski definition) is 2. The van der Waals surface area contributed by atoms with Gasteiger partial charge in [0, 0.05) is 11.4 Å². The third-order valence-electron chi connectivity index (χ3n) is 5.01. The first-order valence-electron chi connectivity index (χ1n) is 10.2. The number of aliphatic imine (C=N–C) groups is 1. The van der Waals surface area contributed by atoms with E-state index in [4.69, 9.17) is 5.73 Å². The van der Waals surface area contributed by atoms with Crippen LogP contribution in [-0.4, -0.2) is 30.6 Å². The van der Waals surface area contributed by atoms with E-state index in [2.05, 4.69) is 21.4 Å². The molecule has 9 nitrogen and oxygen atoms in total. The summed E-state index contributed by atoms with van der Waals surface area (Å²) in [5.41, 5.74) is 7.93. The fourth-order valence-corrected chi connectivity index (χ4v) is 4.62. The van der Waals surface area contributed by atoms with Crippen molar-refractivity contribution in [3.63, 3.8) is 0 Å². The molecule has 10 heteroatoms. The maximum Gasteiger partial charge on any atom is 0.280 e. The van der Waals surface area contributed by atoms with E-state index < -0.39 is 21.5 Å². The van der Waals surface area contributed by atoms with Crippen LogP contribution in [0.4, 0.5) is 11.4 Å². The van der Waals surface area contributed by atoms with Crippen LogP contribution in [0.15, 0.2) is 58.3 Å². The van der Waals surface area contributed by atoms with Crippen LogP contribution in [0.5, 0.6) is 0 Å². The van der Waals surface area contributed by atoms with Gasteiger partial charge in [0.05, 0.1) is 17.9 Å². The van der Waals surface area contributed by atoms with Crippen molar-refractivity contribution in [2.24, 2.45) is 4.99 Å². The Morgan fingerprint density at radius 1 is 1.21 bits per heavy atom. The summed E-state index contributed by atoms with van der Waals surface area (Å²) in [5.74, 6) is -0.523. The third kappa shape index (κ3) is 5.53. The molecule has 0 saturated heterocycles. The zero-order valence-corrected chi connectivity index (χ0v) is 19.2. The number of nitrogens with one attached hydrogen (secondary N) is 1. The van der Waals surface area contributed by atoms with E-state index >= 15 is 0 Å². The van der Waals surface area contributed by atoms with Gasteiger partial charge in [0.15, 0.2) is 5.82 Å². The molecule has 0 saturated carbocycles. The number of carbonyl (C=O) groups is 1. The summed E-state index contributed by atoms with van der Waals surface area (Å²) in [7, 11) is -3.84. The number of sulfonamides is 1. The van der Waals surface area contributed by atoms with E-state index in [0.717, 1.165) is 0 Å². The molecule has 3 aromatic rings. The number of amides is 1. The zero-order valence-electron chi connectivity index (χ0n) is 18.4. The Kier molecular flexibility index (Phi) is 7.07. The number of nitrogens with zero attached hydrogens (tertiary/aromatic N) is 3. The second-order valence-electron chi connectivity index (χ2n) is 7.46. The molecule has 0 spiro atoms. The van der Waals surface area contributed by atoms with E-state index in [1.165, 1.54) is 10.6 Å². The summed E-state index contributed by atoms with van der Waals surface area (Å²) in [6.07, 6.45) is 0.488. The highest BCUT2D eigenvalue weighted by Crippen LogP contribution is 2.22. The molecule has 0 unspecified atom stereocenters. The minimum Gasteiger partial charge on any atom is -0.396 e. The number of hydrogen-bond acceptors (Lipinski definition) is 6. The fourth-order valence-electron chi connectivity index (χ4n) is 3.43. The van der Waals surface area contributed by atoms with Crippen LogP contribution in [0, 0.1) is 6.92 Å². The molecule has 1 amide bonds. The number of aryl methyl sites for hydroxylation is 2. The van der Waals surface area contributed by atoms with E-state index in [1.807, 2.05) is 6.92 Å². The third-order valence-corrected chi connectivity index (χ3v) is 6.25. The first-order chi connectivity index (χ1) is 15.6. The Balaban J connectivity index is 2.03. The lowest BCUT2D eigenvalue weighted by Gasteiger charge is -2.17. The van der Waals surface area contributed by atoms with E-state index in [1.54, 1.807) is 49.4 Å². The van der Waals surface area contributed by atoms with Gasteiger partial charge in [-0.15, -0.1) is 0 Å². The number of benzene rings is 1. The van der Waals surface area contributed by atoms with Crippen molar-refractivity contribution in [1.82, 2.24) is 9.55 Å². The van der Waals surface area contributed by atoms with Crippen molar-refractivity contribution in [2.45, 2.75) is 32.4 Å². The van der Waals surface area contributed by atoms with Gasteiger partial charge in [-0.2, -0.15) is 0 Å². The molecule has 0 atom stereocenters. The molecule has 2 aromatic heterocycles. The lowest BCUT2D eigenvalue weighted by molar-refractivity contribution is -0.117. The predicted molar refractivity (Wildman–Crippen MR) is 129 cm³/mol. The molecule has 0 bridgehead atoms. The van der Waals surface area contributed by atoms with Gasteiger partial charge in [0.2, 0.25) is 15.9 Å². The lowest BCUT2D eigenvalue weighted by atomic mass is 10.1. The van der Waals surface area contributed by atoms with Crippen LogP contribution >= 0.6 is 0 Å². The van der Waals surface area contributed by atoms with Crippen molar-refractivity contribution in [3.8, 4) is 5.82 Å². The van der Waals surface area contributed by atoms with Crippen LogP contribution in [0.3, 0.4) is 0 Å². The number of rotatable bonds is 8. The minimum atomic E-state index is -3.84. The minimum absolute atomic E-state index is 0.00262. The van der Waals surface area contributed by atoms with Crippen molar-refractivity contribution in [1.29, 1.82) is 0 Å². The molecular weight excluding hydrogens is 442 g/mol. The molecule has 3 rings (SSSR count). The average molecular weight is 468 g/mol. The van der Waals surface area contributed by atoms with Gasteiger partial charge in [-0.1, -0.05) is 37.3 Å². The number of nitrogen functional groups attached to an aromatic ring is 1. The molecule has 0 radical (unpaired) electrons. The monoisotopic (exact) mass is 467 g/mol. The summed E-state index contributed by atoms with van der Waals surface area (Å²) in [5, 5.41) is 0. The van der Waals surface area contributed by atoms with Gasteiger partial charge < -0.3 is 5.73 Å². The van der Waals surface area contributed by atoms with Crippen LogP contribution < -0.4 is 16.0 Å². The topological polar surface area (TPSA) is 137 Å². The van der Waals surface area contributed by atoms with Gasteiger partial charge in [-0.3, -0.25) is 18.9 Å². The summed E-state index contributed by atoms with van der Waals surface area (Å²) >= 11 is 0. The average Bonchev–Trinajstić information content (AvgIpc) is 2.77. The summed E-state index contributed by atoms with van der Waals surface area (Å²) in [6, 6.07) is 13.3. The van der Waals surface area contributed by atoms with Crippen LogP contribution in [0.1, 0.15) is 29.4 Å². The second kappa shape index (κ2) is 9.78. The van der Waals surface area contributed by atoms with Crippen LogP contribution in [0.2, 0.25) is 0 Å². The largest absolute Gasteiger partial charge is 0.396 e. The second-order valence-corrected chi connectivity index (χ2v) is 9.19. The SMILES string of the molecule is C=NC(=O)Cc1cc(N)c(-n2c(C)ccc(NS(=O)(=O)Cc3ccccc3)c2=O)nc1CC. The Morgan fingerprint density at radius 2 is 1.91 bits per heavy atom. The smallest absolute Gasteiger partial charge is 0.280 e. The number of pyridine rings is 2. The van der Waals surface area contributed by atoms with Crippen molar-refractivity contribution in [2.75, 3.05) is 10.5 Å². The molecule has 33 heavy (non-hydrogen) atoms. The van der Waals surface area contributed by atoms with Crippen molar-refractivity contribution >= 4 is 34.0 Å².